The Morgan fingerprint density at radius 2 is 1.45 bits per heavy atom. The zero-order chi connectivity index (χ0) is 32.4. The summed E-state index contributed by atoms with van der Waals surface area (Å²) < 4.78 is 57.4. The van der Waals surface area contributed by atoms with E-state index in [9.17, 15) is 27.6 Å². The Bertz CT molecular complexity index is 1700. The number of rotatable bonds is 5. The van der Waals surface area contributed by atoms with E-state index in [-0.39, 0.29) is 22.4 Å². The third kappa shape index (κ3) is 8.24. The van der Waals surface area contributed by atoms with Gasteiger partial charge in [-0.15, -0.1) is 0 Å². The molecule has 2 aromatic heterocycles. The number of carbonyl (C=O) groups is 3. The molecule has 4 aromatic rings. The number of hydrogen-bond donors (Lipinski definition) is 2. The Balaban J connectivity index is 1.52. The second kappa shape index (κ2) is 11.9. The van der Waals surface area contributed by atoms with E-state index in [4.69, 9.17) is 14.2 Å². The zero-order valence-corrected chi connectivity index (χ0v) is 24.7. The molecule has 0 radical (unpaired) electrons. The van der Waals surface area contributed by atoms with Crippen molar-refractivity contribution in [3.8, 4) is 11.5 Å². The van der Waals surface area contributed by atoms with Crippen LogP contribution in [-0.2, 0) is 15.7 Å². The van der Waals surface area contributed by atoms with Crippen molar-refractivity contribution >= 4 is 40.5 Å². The molecule has 0 atom stereocenters. The smallest absolute Gasteiger partial charge is 0.435 e. The first-order valence-electron chi connectivity index (χ1n) is 13.3. The highest BCUT2D eigenvalue weighted by atomic mass is 19.4. The molecule has 14 heteroatoms. The molecule has 2 heterocycles. The van der Waals surface area contributed by atoms with Crippen LogP contribution >= 0.6 is 0 Å². The summed E-state index contributed by atoms with van der Waals surface area (Å²) in [6.07, 6.45) is -4.89. The van der Waals surface area contributed by atoms with Gasteiger partial charge in [-0.25, -0.2) is 14.6 Å². The van der Waals surface area contributed by atoms with Gasteiger partial charge in [-0.1, -0.05) is 0 Å². The SMILES string of the molecule is CC(C)(C)OC(=O)Nc1cc(Oc2ccc(NC(=O)c3nn(C(=O)OC(C)(C)C)c4ccc(C(F)(F)F)cc34)cc2)ccn1. The summed E-state index contributed by atoms with van der Waals surface area (Å²) in [5.74, 6) is 0.0685. The normalized spacial score (nSPS) is 12.0. The molecule has 0 fully saturated rings. The van der Waals surface area contributed by atoms with E-state index in [1.807, 2.05) is 0 Å². The van der Waals surface area contributed by atoms with Crippen molar-refractivity contribution in [2.24, 2.45) is 0 Å². The van der Waals surface area contributed by atoms with Crippen molar-refractivity contribution in [3.05, 3.63) is 72.1 Å². The highest BCUT2D eigenvalue weighted by molar-refractivity contribution is 6.12. The molecule has 0 aliphatic carbocycles. The fourth-order valence-electron chi connectivity index (χ4n) is 3.79. The number of amides is 2. The summed E-state index contributed by atoms with van der Waals surface area (Å²) in [7, 11) is 0. The van der Waals surface area contributed by atoms with Crippen molar-refractivity contribution in [2.75, 3.05) is 10.6 Å². The van der Waals surface area contributed by atoms with E-state index in [0.717, 1.165) is 22.9 Å². The molecule has 0 bridgehead atoms. The molecule has 2 aromatic carbocycles. The monoisotopic (exact) mass is 613 g/mol. The number of carbonyl (C=O) groups excluding carboxylic acids is 3. The Kier molecular flexibility index (Phi) is 8.57. The first-order valence-corrected chi connectivity index (χ1v) is 13.3. The van der Waals surface area contributed by atoms with Crippen molar-refractivity contribution in [1.82, 2.24) is 14.8 Å². The van der Waals surface area contributed by atoms with E-state index < -0.39 is 46.7 Å². The summed E-state index contributed by atoms with van der Waals surface area (Å²) in [5.41, 5.74) is -2.77. The van der Waals surface area contributed by atoms with Crippen molar-refractivity contribution < 1.29 is 41.8 Å². The number of ether oxygens (including phenoxy) is 3. The second-order valence-corrected chi connectivity index (χ2v) is 11.6. The van der Waals surface area contributed by atoms with Crippen LogP contribution in [0.25, 0.3) is 10.9 Å². The van der Waals surface area contributed by atoms with Gasteiger partial charge in [0.2, 0.25) is 0 Å². The van der Waals surface area contributed by atoms with Crippen LogP contribution in [-0.4, -0.2) is 44.1 Å². The molecule has 11 nitrogen and oxygen atoms in total. The number of benzene rings is 2. The lowest BCUT2D eigenvalue weighted by molar-refractivity contribution is -0.137. The number of alkyl halides is 3. The third-order valence-electron chi connectivity index (χ3n) is 5.50. The van der Waals surface area contributed by atoms with E-state index in [1.54, 1.807) is 47.6 Å². The minimum absolute atomic E-state index is 0.0287. The minimum Gasteiger partial charge on any atom is -0.457 e. The fraction of sp³-hybridized carbons (Fsp3) is 0.300. The van der Waals surface area contributed by atoms with Gasteiger partial charge in [-0.3, -0.25) is 10.1 Å². The van der Waals surface area contributed by atoms with Crippen molar-refractivity contribution in [2.45, 2.75) is 58.9 Å². The van der Waals surface area contributed by atoms with Gasteiger partial charge in [0, 0.05) is 23.3 Å². The average molecular weight is 614 g/mol. The van der Waals surface area contributed by atoms with Crippen LogP contribution in [0.15, 0.2) is 60.8 Å². The van der Waals surface area contributed by atoms with Gasteiger partial charge in [-0.05, 0) is 90.1 Å². The maximum Gasteiger partial charge on any atom is 0.435 e. The third-order valence-corrected chi connectivity index (χ3v) is 5.50. The molecule has 0 unspecified atom stereocenters. The molecule has 0 aliphatic heterocycles. The molecule has 4 rings (SSSR count). The maximum absolute atomic E-state index is 13.5. The van der Waals surface area contributed by atoms with E-state index in [1.165, 1.54) is 36.5 Å². The molecule has 0 aliphatic rings. The number of aromatic nitrogens is 3. The molecule has 44 heavy (non-hydrogen) atoms. The van der Waals surface area contributed by atoms with Crippen LogP contribution < -0.4 is 15.4 Å². The Morgan fingerprint density at radius 1 is 0.795 bits per heavy atom. The minimum atomic E-state index is -4.69. The number of halogens is 3. The molecule has 2 N–H and O–H groups in total. The number of nitrogens with one attached hydrogen (secondary N) is 2. The maximum atomic E-state index is 13.5. The molecular weight excluding hydrogens is 583 g/mol. The lowest BCUT2D eigenvalue weighted by Crippen LogP contribution is -2.28. The quantitative estimate of drug-likeness (QED) is 0.235. The Labute approximate surface area is 250 Å². The molecule has 0 saturated carbocycles. The number of nitrogens with zero attached hydrogens (tertiary/aromatic N) is 3. The summed E-state index contributed by atoms with van der Waals surface area (Å²) in [5, 5.41) is 8.91. The summed E-state index contributed by atoms with van der Waals surface area (Å²) in [6, 6.07) is 11.8. The first kappa shape index (κ1) is 31.8. The number of fused-ring (bicyclic) bond motifs is 1. The molecular formula is C30H30F3N5O6. The molecule has 0 saturated heterocycles. The Morgan fingerprint density at radius 3 is 2.07 bits per heavy atom. The molecule has 2 amide bonds. The number of hydrogen-bond acceptors (Lipinski definition) is 8. The van der Waals surface area contributed by atoms with Crippen LogP contribution in [0.4, 0.5) is 34.3 Å². The van der Waals surface area contributed by atoms with Gasteiger partial charge in [0.1, 0.15) is 28.5 Å². The number of anilines is 2. The van der Waals surface area contributed by atoms with E-state index in [2.05, 4.69) is 20.7 Å². The van der Waals surface area contributed by atoms with Crippen LogP contribution in [0.5, 0.6) is 11.5 Å². The van der Waals surface area contributed by atoms with Gasteiger partial charge in [0.05, 0.1) is 11.1 Å². The fourth-order valence-corrected chi connectivity index (χ4v) is 3.79. The summed E-state index contributed by atoms with van der Waals surface area (Å²) >= 11 is 0. The predicted octanol–water partition coefficient (Wildman–Crippen LogP) is 7.62. The van der Waals surface area contributed by atoms with Gasteiger partial charge >= 0.3 is 18.4 Å². The highest BCUT2D eigenvalue weighted by Gasteiger charge is 2.33. The number of pyridine rings is 1. The standard InChI is InChI=1S/C30H30F3N5O6/c1-28(2,3)43-26(40)36-23-16-20(13-14-34-23)42-19-10-8-18(9-11-19)35-25(39)24-21-15-17(30(31,32)33)7-12-22(21)38(37-24)27(41)44-29(4,5)6/h7-16H,1-6H3,(H,35,39)(H,34,36,40). The molecule has 232 valence electrons. The van der Waals surface area contributed by atoms with Crippen molar-refractivity contribution in [3.63, 3.8) is 0 Å². The van der Waals surface area contributed by atoms with Crippen LogP contribution in [0.2, 0.25) is 0 Å². The lowest BCUT2D eigenvalue weighted by Gasteiger charge is -2.19. The molecule has 0 spiro atoms. The van der Waals surface area contributed by atoms with Crippen molar-refractivity contribution in [1.29, 1.82) is 0 Å². The summed E-state index contributed by atoms with van der Waals surface area (Å²) in [4.78, 5) is 42.0. The first-order chi connectivity index (χ1) is 20.4. The summed E-state index contributed by atoms with van der Waals surface area (Å²) in [6.45, 7) is 10.0. The van der Waals surface area contributed by atoms with Gasteiger partial charge in [0.15, 0.2) is 5.69 Å². The highest BCUT2D eigenvalue weighted by Crippen LogP contribution is 2.33. The van der Waals surface area contributed by atoms with Crippen LogP contribution in [0.1, 0.15) is 57.6 Å². The van der Waals surface area contributed by atoms with Crippen LogP contribution in [0, 0.1) is 0 Å². The predicted molar refractivity (Wildman–Crippen MR) is 155 cm³/mol. The van der Waals surface area contributed by atoms with Gasteiger partial charge < -0.3 is 19.5 Å². The lowest BCUT2D eigenvalue weighted by atomic mass is 10.1. The largest absolute Gasteiger partial charge is 0.457 e. The van der Waals surface area contributed by atoms with Gasteiger partial charge in [-0.2, -0.15) is 23.0 Å². The van der Waals surface area contributed by atoms with E-state index >= 15 is 0 Å². The Hall–Kier alpha value is -5.14. The van der Waals surface area contributed by atoms with Crippen LogP contribution in [0.3, 0.4) is 0 Å². The average Bonchev–Trinajstić information content (AvgIpc) is 3.27. The van der Waals surface area contributed by atoms with E-state index in [0.29, 0.717) is 11.5 Å². The topological polar surface area (TPSA) is 134 Å². The van der Waals surface area contributed by atoms with Gasteiger partial charge in [0.25, 0.3) is 5.91 Å². The zero-order valence-electron chi connectivity index (χ0n) is 24.7. The second-order valence-electron chi connectivity index (χ2n) is 11.6.